The highest BCUT2D eigenvalue weighted by atomic mass is 35.5. The molecule has 0 N–H and O–H groups in total. The van der Waals surface area contributed by atoms with Gasteiger partial charge in [0.05, 0.1) is 22.1 Å². The maximum absolute atomic E-state index is 13.1. The van der Waals surface area contributed by atoms with Crippen molar-refractivity contribution in [2.45, 2.75) is 13.0 Å². The molecular weight excluding hydrogens is 389 g/mol. The number of hydrogen-bond donors (Lipinski definition) is 0. The Bertz CT molecular complexity index is 1080. The fourth-order valence-electron chi connectivity index (χ4n) is 3.19. The van der Waals surface area contributed by atoms with Gasteiger partial charge in [-0.1, -0.05) is 16.8 Å². The molecule has 1 aliphatic rings. The van der Waals surface area contributed by atoms with Gasteiger partial charge in [0.15, 0.2) is 5.76 Å². The summed E-state index contributed by atoms with van der Waals surface area (Å²) in [7, 11) is 0. The van der Waals surface area contributed by atoms with E-state index < -0.39 is 10.8 Å². The molecule has 1 amide bonds. The van der Waals surface area contributed by atoms with E-state index in [4.69, 9.17) is 16.1 Å². The zero-order valence-corrected chi connectivity index (χ0v) is 15.1. The van der Waals surface area contributed by atoms with Crippen molar-refractivity contribution >= 4 is 23.2 Å². The van der Waals surface area contributed by atoms with E-state index in [1.807, 2.05) is 0 Å². The first-order valence-corrected chi connectivity index (χ1v) is 8.78. The Labute approximate surface area is 163 Å². The average Bonchev–Trinajstić information content (AvgIpc) is 3.11. The third-order valence-electron chi connectivity index (χ3n) is 4.63. The van der Waals surface area contributed by atoms with E-state index in [2.05, 4.69) is 5.16 Å². The highest BCUT2D eigenvalue weighted by Gasteiger charge is 2.29. The van der Waals surface area contributed by atoms with Crippen LogP contribution in [0, 0.1) is 15.9 Å². The van der Waals surface area contributed by atoms with E-state index in [1.54, 1.807) is 12.1 Å². The van der Waals surface area contributed by atoms with Gasteiger partial charge in [0.25, 0.3) is 11.6 Å². The molecule has 0 atom stereocenters. The molecule has 0 radical (unpaired) electrons. The van der Waals surface area contributed by atoms with Crippen molar-refractivity contribution in [2.75, 3.05) is 6.54 Å². The van der Waals surface area contributed by atoms with Gasteiger partial charge in [0.1, 0.15) is 11.5 Å². The van der Waals surface area contributed by atoms with E-state index in [1.165, 1.54) is 35.2 Å². The molecule has 9 heteroatoms. The van der Waals surface area contributed by atoms with Crippen molar-refractivity contribution in [1.29, 1.82) is 0 Å². The molecule has 28 heavy (non-hydrogen) atoms. The number of nitrogens with zero attached hydrogens (tertiary/aromatic N) is 3. The van der Waals surface area contributed by atoms with Gasteiger partial charge in [0.2, 0.25) is 0 Å². The van der Waals surface area contributed by atoms with Gasteiger partial charge in [0, 0.05) is 29.8 Å². The second kappa shape index (κ2) is 7.05. The third-order valence-corrected chi connectivity index (χ3v) is 4.96. The zero-order chi connectivity index (χ0) is 19.8. The van der Waals surface area contributed by atoms with Crippen LogP contribution < -0.4 is 0 Å². The number of carbonyl (C=O) groups excluding carboxylic acids is 1. The van der Waals surface area contributed by atoms with E-state index in [-0.39, 0.29) is 28.6 Å². The summed E-state index contributed by atoms with van der Waals surface area (Å²) in [6, 6.07) is 9.66. The molecule has 142 valence electrons. The fraction of sp³-hybridized carbons (Fsp3) is 0.158. The van der Waals surface area contributed by atoms with E-state index in [0.717, 1.165) is 5.56 Å². The van der Waals surface area contributed by atoms with Gasteiger partial charge in [-0.2, -0.15) is 0 Å². The molecule has 0 saturated heterocycles. The molecule has 1 aromatic heterocycles. The van der Waals surface area contributed by atoms with Gasteiger partial charge in [-0.05, 0) is 36.8 Å². The summed E-state index contributed by atoms with van der Waals surface area (Å²) in [5.41, 5.74) is 2.03. The van der Waals surface area contributed by atoms with Crippen LogP contribution in [0.5, 0.6) is 0 Å². The number of nitro groups is 1. The van der Waals surface area contributed by atoms with Crippen LogP contribution in [0.4, 0.5) is 10.1 Å². The predicted molar refractivity (Wildman–Crippen MR) is 98.4 cm³/mol. The zero-order valence-electron chi connectivity index (χ0n) is 14.4. The van der Waals surface area contributed by atoms with Crippen molar-refractivity contribution in [2.24, 2.45) is 0 Å². The minimum Gasteiger partial charge on any atom is -0.356 e. The maximum atomic E-state index is 13.1. The van der Waals surface area contributed by atoms with Crippen molar-refractivity contribution in [3.63, 3.8) is 0 Å². The largest absolute Gasteiger partial charge is 0.356 e. The van der Waals surface area contributed by atoms with Crippen LogP contribution >= 0.6 is 11.6 Å². The van der Waals surface area contributed by atoms with Gasteiger partial charge in [-0.15, -0.1) is 0 Å². The van der Waals surface area contributed by atoms with E-state index in [9.17, 15) is 19.3 Å². The second-order valence-corrected chi connectivity index (χ2v) is 6.75. The van der Waals surface area contributed by atoms with E-state index in [0.29, 0.717) is 30.0 Å². The van der Waals surface area contributed by atoms with Crippen LogP contribution in [0.3, 0.4) is 0 Å². The van der Waals surface area contributed by atoms with Crippen LogP contribution in [0.15, 0.2) is 47.0 Å². The summed E-state index contributed by atoms with van der Waals surface area (Å²) < 4.78 is 18.6. The molecule has 0 bridgehead atoms. The second-order valence-electron chi connectivity index (χ2n) is 6.34. The molecule has 4 rings (SSSR count). The monoisotopic (exact) mass is 401 g/mol. The smallest absolute Gasteiger partial charge is 0.270 e. The predicted octanol–water partition coefficient (Wildman–Crippen LogP) is 4.24. The number of aromatic nitrogens is 1. The first-order valence-electron chi connectivity index (χ1n) is 8.40. The normalized spacial score (nSPS) is 13.3. The Morgan fingerprint density at radius 1 is 1.25 bits per heavy atom. The van der Waals surface area contributed by atoms with Crippen molar-refractivity contribution in [3.05, 3.63) is 80.2 Å². The summed E-state index contributed by atoms with van der Waals surface area (Å²) in [6.07, 6.45) is 0.490. The molecule has 0 unspecified atom stereocenters. The lowest BCUT2D eigenvalue weighted by atomic mass is 10.00. The van der Waals surface area contributed by atoms with Crippen molar-refractivity contribution < 1.29 is 18.6 Å². The van der Waals surface area contributed by atoms with Gasteiger partial charge in [-0.3, -0.25) is 14.9 Å². The van der Waals surface area contributed by atoms with Crippen molar-refractivity contribution in [1.82, 2.24) is 10.1 Å². The lowest BCUT2D eigenvalue weighted by Crippen LogP contribution is -2.36. The Morgan fingerprint density at radius 2 is 2.00 bits per heavy atom. The SMILES string of the molecule is O=C(c1cc([N+](=O)[O-])ccc1Cl)N1CCc2c(noc2-c2ccc(F)cc2)C1. The first kappa shape index (κ1) is 18.1. The minimum absolute atomic E-state index is 0.0709. The van der Waals surface area contributed by atoms with E-state index >= 15 is 0 Å². The number of rotatable bonds is 3. The molecule has 0 fully saturated rings. The summed E-state index contributed by atoms with van der Waals surface area (Å²) >= 11 is 6.08. The Morgan fingerprint density at radius 3 is 2.71 bits per heavy atom. The lowest BCUT2D eigenvalue weighted by Gasteiger charge is -2.26. The summed E-state index contributed by atoms with van der Waals surface area (Å²) in [4.78, 5) is 24.8. The Hall–Kier alpha value is -3.26. The summed E-state index contributed by atoms with van der Waals surface area (Å²) in [5, 5.41) is 15.2. The molecule has 0 saturated carbocycles. The number of benzene rings is 2. The number of non-ortho nitro benzene ring substituents is 1. The Balaban J connectivity index is 1.60. The van der Waals surface area contributed by atoms with Gasteiger partial charge >= 0.3 is 0 Å². The van der Waals surface area contributed by atoms with Crippen LogP contribution in [0.1, 0.15) is 21.6 Å². The average molecular weight is 402 g/mol. The lowest BCUT2D eigenvalue weighted by molar-refractivity contribution is -0.384. The molecular formula is C19H13ClFN3O4. The third kappa shape index (κ3) is 3.22. The topological polar surface area (TPSA) is 89.5 Å². The molecule has 1 aliphatic heterocycles. The summed E-state index contributed by atoms with van der Waals surface area (Å²) in [6.45, 7) is 0.568. The van der Waals surface area contributed by atoms with Gasteiger partial charge < -0.3 is 9.42 Å². The number of nitro benzene ring substituents is 1. The van der Waals surface area contributed by atoms with Crippen LogP contribution in [0.2, 0.25) is 5.02 Å². The highest BCUT2D eigenvalue weighted by Crippen LogP contribution is 2.32. The maximum Gasteiger partial charge on any atom is 0.270 e. The Kier molecular flexibility index (Phi) is 4.56. The number of carbonyl (C=O) groups is 1. The van der Waals surface area contributed by atoms with Gasteiger partial charge in [-0.25, -0.2) is 4.39 Å². The number of halogens is 2. The number of fused-ring (bicyclic) bond motifs is 1. The number of hydrogen-bond acceptors (Lipinski definition) is 5. The quantitative estimate of drug-likeness (QED) is 0.483. The molecule has 0 spiro atoms. The standard InChI is InChI=1S/C19H13ClFN3O4/c20-16-6-5-13(24(26)27)9-15(16)19(25)23-8-7-14-17(10-23)22-28-18(14)11-1-3-12(21)4-2-11/h1-6,9H,7-8,10H2. The first-order chi connectivity index (χ1) is 13.4. The minimum atomic E-state index is -0.575. The van der Waals surface area contributed by atoms with Crippen molar-refractivity contribution in [3.8, 4) is 11.3 Å². The molecule has 3 aromatic rings. The van der Waals surface area contributed by atoms with Crippen LogP contribution in [0.25, 0.3) is 11.3 Å². The molecule has 7 nitrogen and oxygen atoms in total. The summed E-state index contributed by atoms with van der Waals surface area (Å²) in [5.74, 6) is -0.205. The van der Waals surface area contributed by atoms with Crippen LogP contribution in [-0.4, -0.2) is 27.4 Å². The number of amides is 1. The highest BCUT2D eigenvalue weighted by molar-refractivity contribution is 6.33. The fourth-order valence-corrected chi connectivity index (χ4v) is 3.39. The molecule has 2 heterocycles. The molecule has 0 aliphatic carbocycles. The van der Waals surface area contributed by atoms with Crippen LogP contribution in [-0.2, 0) is 13.0 Å². The molecule has 2 aromatic carbocycles.